The Labute approximate surface area is 206 Å². The molecule has 174 valence electrons. The maximum absolute atomic E-state index is 13.4. The Bertz CT molecular complexity index is 1060. The minimum atomic E-state index is -3.76. The zero-order valence-corrected chi connectivity index (χ0v) is 22.2. The van der Waals surface area contributed by atoms with Gasteiger partial charge in [-0.05, 0) is 59.1 Å². The van der Waals surface area contributed by atoms with Gasteiger partial charge in [-0.2, -0.15) is 0 Å². The van der Waals surface area contributed by atoms with Crippen molar-refractivity contribution < 1.29 is 18.0 Å². The molecule has 1 atom stereocenters. The fourth-order valence-corrected chi connectivity index (χ4v) is 4.98. The van der Waals surface area contributed by atoms with E-state index in [0.29, 0.717) is 16.7 Å². The summed E-state index contributed by atoms with van der Waals surface area (Å²) in [4.78, 5) is 27.5. The maximum atomic E-state index is 13.4. The first-order valence-electron chi connectivity index (χ1n) is 10.1. The first kappa shape index (κ1) is 26.3. The summed E-state index contributed by atoms with van der Waals surface area (Å²) in [6.45, 7) is 3.81. The molecular weight excluding hydrogens is 562 g/mol. The average Bonchev–Trinajstić information content (AvgIpc) is 2.73. The van der Waals surface area contributed by atoms with Crippen LogP contribution in [0.25, 0.3) is 0 Å². The Balaban J connectivity index is 2.38. The number of hydrogen-bond donors (Lipinski definition) is 1. The third kappa shape index (κ3) is 7.31. The smallest absolute Gasteiger partial charge is 0.244 e. The van der Waals surface area contributed by atoms with Crippen molar-refractivity contribution in [3.05, 3.63) is 63.0 Å². The summed E-state index contributed by atoms with van der Waals surface area (Å²) in [6, 6.07) is 13.4. The molecule has 0 fully saturated rings. The number of carbonyl (C=O) groups is 2. The highest BCUT2D eigenvalue weighted by Gasteiger charge is 2.30. The highest BCUT2D eigenvalue weighted by atomic mass is 79.9. The van der Waals surface area contributed by atoms with E-state index in [1.165, 1.54) is 4.90 Å². The van der Waals surface area contributed by atoms with Crippen LogP contribution in [0.3, 0.4) is 0 Å². The van der Waals surface area contributed by atoms with Crippen LogP contribution >= 0.6 is 31.9 Å². The molecule has 0 bridgehead atoms. The molecule has 1 unspecified atom stereocenters. The van der Waals surface area contributed by atoms with Crippen LogP contribution in [0.4, 0.5) is 5.69 Å². The van der Waals surface area contributed by atoms with E-state index in [2.05, 4.69) is 37.2 Å². The molecule has 0 aromatic heterocycles. The van der Waals surface area contributed by atoms with E-state index in [9.17, 15) is 18.0 Å². The molecule has 0 aliphatic rings. The van der Waals surface area contributed by atoms with Crippen molar-refractivity contribution in [3.8, 4) is 0 Å². The molecule has 2 rings (SSSR count). The minimum absolute atomic E-state index is 0.159. The van der Waals surface area contributed by atoms with Crippen molar-refractivity contribution in [3.63, 3.8) is 0 Å². The van der Waals surface area contributed by atoms with Gasteiger partial charge in [0, 0.05) is 22.0 Å². The lowest BCUT2D eigenvalue weighted by molar-refractivity contribution is -0.139. The van der Waals surface area contributed by atoms with Gasteiger partial charge < -0.3 is 10.2 Å². The second kappa shape index (κ2) is 11.8. The van der Waals surface area contributed by atoms with Gasteiger partial charge in [0.15, 0.2) is 0 Å². The van der Waals surface area contributed by atoms with Crippen LogP contribution < -0.4 is 9.62 Å². The number of nitrogens with zero attached hydrogens (tertiary/aromatic N) is 2. The molecule has 10 heteroatoms. The standard InChI is InChI=1S/C22H27Br2N3O4S/c1-4-12-25-22(29)16(2)26(14-17-8-7-9-18(23)13-17)21(28)15-27(32(3,30)31)20-11-6-5-10-19(20)24/h5-11,13,16H,4,12,14-15H2,1-3H3,(H,25,29). The fraction of sp³-hybridized carbons (Fsp3) is 0.364. The molecule has 0 radical (unpaired) electrons. The molecule has 0 aliphatic carbocycles. The molecule has 0 saturated heterocycles. The second-order valence-electron chi connectivity index (χ2n) is 7.34. The monoisotopic (exact) mass is 587 g/mol. The quantitative estimate of drug-likeness (QED) is 0.456. The topological polar surface area (TPSA) is 86.8 Å². The normalized spacial score (nSPS) is 12.2. The number of sulfonamides is 1. The molecule has 0 heterocycles. The van der Waals surface area contributed by atoms with Gasteiger partial charge in [-0.15, -0.1) is 0 Å². The number of hydrogen-bond acceptors (Lipinski definition) is 4. The second-order valence-corrected chi connectivity index (χ2v) is 11.0. The summed E-state index contributed by atoms with van der Waals surface area (Å²) in [5.41, 5.74) is 1.17. The van der Waals surface area contributed by atoms with Gasteiger partial charge in [-0.3, -0.25) is 13.9 Å². The molecule has 32 heavy (non-hydrogen) atoms. The van der Waals surface area contributed by atoms with Gasteiger partial charge in [0.2, 0.25) is 21.8 Å². The number of halogens is 2. The summed E-state index contributed by atoms with van der Waals surface area (Å²) in [5, 5.41) is 2.81. The molecule has 2 aromatic carbocycles. The van der Waals surface area contributed by atoms with Crippen LogP contribution in [-0.2, 0) is 26.2 Å². The average molecular weight is 589 g/mol. The van der Waals surface area contributed by atoms with Crippen molar-refractivity contribution in [1.29, 1.82) is 0 Å². The van der Waals surface area contributed by atoms with Gasteiger partial charge in [-0.1, -0.05) is 47.1 Å². The van der Waals surface area contributed by atoms with Crippen LogP contribution in [0.2, 0.25) is 0 Å². The number of nitrogens with one attached hydrogen (secondary N) is 1. The van der Waals surface area contributed by atoms with Gasteiger partial charge in [-0.25, -0.2) is 8.42 Å². The summed E-state index contributed by atoms with van der Waals surface area (Å²) < 4.78 is 27.5. The van der Waals surface area contributed by atoms with Crippen molar-refractivity contribution in [2.24, 2.45) is 0 Å². The number of para-hydroxylation sites is 1. The Morgan fingerprint density at radius 3 is 2.38 bits per heavy atom. The van der Waals surface area contributed by atoms with Crippen molar-refractivity contribution in [2.75, 3.05) is 23.7 Å². The minimum Gasteiger partial charge on any atom is -0.354 e. The SMILES string of the molecule is CCCNC(=O)C(C)N(Cc1cccc(Br)c1)C(=O)CN(c1ccccc1Br)S(C)(=O)=O. The fourth-order valence-electron chi connectivity index (χ4n) is 3.06. The summed E-state index contributed by atoms with van der Waals surface area (Å²) >= 11 is 6.78. The van der Waals surface area contributed by atoms with Crippen molar-refractivity contribution >= 4 is 59.4 Å². The molecular formula is C22H27Br2N3O4S. The van der Waals surface area contributed by atoms with E-state index in [0.717, 1.165) is 27.0 Å². The summed E-state index contributed by atoms with van der Waals surface area (Å²) in [5.74, 6) is -0.771. The van der Waals surface area contributed by atoms with Gasteiger partial charge in [0.05, 0.1) is 11.9 Å². The van der Waals surface area contributed by atoms with E-state index in [1.807, 2.05) is 31.2 Å². The van der Waals surface area contributed by atoms with Crippen LogP contribution in [-0.4, -0.2) is 50.5 Å². The molecule has 1 N–H and O–H groups in total. The molecule has 2 aromatic rings. The predicted molar refractivity (Wildman–Crippen MR) is 134 cm³/mol. The third-order valence-electron chi connectivity index (χ3n) is 4.76. The van der Waals surface area contributed by atoms with Crippen LogP contribution in [0, 0.1) is 0 Å². The largest absolute Gasteiger partial charge is 0.354 e. The van der Waals surface area contributed by atoms with Gasteiger partial charge >= 0.3 is 0 Å². The third-order valence-corrected chi connectivity index (χ3v) is 7.05. The molecule has 0 aliphatic heterocycles. The molecule has 0 saturated carbocycles. The summed E-state index contributed by atoms with van der Waals surface area (Å²) in [7, 11) is -3.76. The van der Waals surface area contributed by atoms with Crippen molar-refractivity contribution in [1.82, 2.24) is 10.2 Å². The van der Waals surface area contributed by atoms with Gasteiger partial charge in [0.1, 0.15) is 12.6 Å². The van der Waals surface area contributed by atoms with Crippen LogP contribution in [0.1, 0.15) is 25.8 Å². The predicted octanol–water partition coefficient (Wildman–Crippen LogP) is 3.92. The number of carbonyl (C=O) groups excluding carboxylic acids is 2. The molecule has 7 nitrogen and oxygen atoms in total. The molecule has 0 spiro atoms. The number of rotatable bonds is 10. The van der Waals surface area contributed by atoms with E-state index >= 15 is 0 Å². The number of amides is 2. The Kier molecular flexibility index (Phi) is 9.72. The Morgan fingerprint density at radius 2 is 1.78 bits per heavy atom. The zero-order chi connectivity index (χ0) is 23.9. The lowest BCUT2D eigenvalue weighted by Gasteiger charge is -2.31. The van der Waals surface area contributed by atoms with E-state index < -0.39 is 28.5 Å². The van der Waals surface area contributed by atoms with Crippen LogP contribution in [0.5, 0.6) is 0 Å². The van der Waals surface area contributed by atoms with E-state index in [1.54, 1.807) is 31.2 Å². The maximum Gasteiger partial charge on any atom is 0.244 e. The highest BCUT2D eigenvalue weighted by molar-refractivity contribution is 9.10. The van der Waals surface area contributed by atoms with Crippen LogP contribution in [0.15, 0.2) is 57.5 Å². The van der Waals surface area contributed by atoms with E-state index in [4.69, 9.17) is 0 Å². The van der Waals surface area contributed by atoms with Gasteiger partial charge in [0.25, 0.3) is 0 Å². The number of anilines is 1. The lowest BCUT2D eigenvalue weighted by atomic mass is 10.1. The Morgan fingerprint density at radius 1 is 1.09 bits per heavy atom. The Hall–Kier alpha value is -1.91. The highest BCUT2D eigenvalue weighted by Crippen LogP contribution is 2.28. The first-order chi connectivity index (χ1) is 15.0. The number of benzene rings is 2. The first-order valence-corrected chi connectivity index (χ1v) is 13.5. The summed E-state index contributed by atoms with van der Waals surface area (Å²) in [6.07, 6.45) is 1.82. The van der Waals surface area contributed by atoms with E-state index in [-0.39, 0.29) is 12.5 Å². The zero-order valence-electron chi connectivity index (χ0n) is 18.2. The van der Waals surface area contributed by atoms with Crippen molar-refractivity contribution in [2.45, 2.75) is 32.9 Å². The molecule has 2 amide bonds. The lowest BCUT2D eigenvalue weighted by Crippen LogP contribution is -2.51.